The lowest BCUT2D eigenvalue weighted by atomic mass is 9.92. The first-order chi connectivity index (χ1) is 7.45. The molecule has 1 aliphatic heterocycles. The van der Waals surface area contributed by atoms with Crippen LogP contribution in [0.5, 0.6) is 0 Å². The largest absolute Gasteiger partial charge is 0.316 e. The van der Waals surface area contributed by atoms with Crippen LogP contribution in [0.3, 0.4) is 0 Å². The van der Waals surface area contributed by atoms with Gasteiger partial charge in [-0.15, -0.1) is 11.3 Å². The van der Waals surface area contributed by atoms with Gasteiger partial charge in [0, 0.05) is 18.1 Å². The van der Waals surface area contributed by atoms with Gasteiger partial charge in [0.2, 0.25) is 0 Å². The molecule has 1 fully saturated rings. The summed E-state index contributed by atoms with van der Waals surface area (Å²) in [7, 11) is 0. The molecule has 1 atom stereocenters. The van der Waals surface area contributed by atoms with Crippen LogP contribution in [0, 0.1) is 0 Å². The Labute approximate surface area is 93.3 Å². The van der Waals surface area contributed by atoms with Gasteiger partial charge in [0.05, 0.1) is 0 Å². The first-order valence-corrected chi connectivity index (χ1v) is 6.36. The number of aromatic nitrogens is 1. The first-order valence-electron chi connectivity index (χ1n) is 5.48. The summed E-state index contributed by atoms with van der Waals surface area (Å²) in [5.41, 5.74) is 1.50. The second-order valence-electron chi connectivity index (χ2n) is 4.09. The number of nitrogens with zero attached hydrogens (tertiary/aromatic N) is 1. The maximum atomic E-state index is 4.39. The number of fused-ring (bicyclic) bond motifs is 1. The fourth-order valence-corrected chi connectivity index (χ4v) is 3.31. The fraction of sp³-hybridized carbons (Fsp3) is 0.417. The second kappa shape index (κ2) is 3.91. The third-order valence-electron chi connectivity index (χ3n) is 3.12. The lowest BCUT2D eigenvalue weighted by Gasteiger charge is -2.22. The summed E-state index contributed by atoms with van der Waals surface area (Å²) in [5, 5.41) is 7.12. The number of hydrogen-bond acceptors (Lipinski definition) is 3. The summed E-state index contributed by atoms with van der Waals surface area (Å²) < 4.78 is 0. The summed E-state index contributed by atoms with van der Waals surface area (Å²) in [6.07, 6.45) is 4.48. The molecule has 2 aromatic rings. The molecule has 1 aliphatic rings. The van der Waals surface area contributed by atoms with E-state index in [1.807, 2.05) is 12.3 Å². The normalized spacial score (nSPS) is 22.0. The van der Waals surface area contributed by atoms with Crippen molar-refractivity contribution in [3.63, 3.8) is 0 Å². The van der Waals surface area contributed by atoms with Gasteiger partial charge in [-0.1, -0.05) is 6.07 Å². The summed E-state index contributed by atoms with van der Waals surface area (Å²) >= 11 is 1.77. The monoisotopic (exact) mass is 218 g/mol. The number of nitrogens with one attached hydrogen (secondary N) is 1. The van der Waals surface area contributed by atoms with Crippen LogP contribution < -0.4 is 5.32 Å². The molecule has 1 saturated heterocycles. The van der Waals surface area contributed by atoms with Crippen LogP contribution in [0.25, 0.3) is 10.2 Å². The highest BCUT2D eigenvalue weighted by Crippen LogP contribution is 2.32. The average molecular weight is 218 g/mol. The summed E-state index contributed by atoms with van der Waals surface area (Å²) in [6.45, 7) is 2.30. The van der Waals surface area contributed by atoms with Gasteiger partial charge in [-0.2, -0.15) is 0 Å². The first kappa shape index (κ1) is 9.31. The van der Waals surface area contributed by atoms with Crippen LogP contribution in [0.2, 0.25) is 0 Å². The van der Waals surface area contributed by atoms with Crippen molar-refractivity contribution < 1.29 is 0 Å². The van der Waals surface area contributed by atoms with Crippen molar-refractivity contribution in [1.82, 2.24) is 10.3 Å². The SMILES string of the molecule is c1cnc2scc(C3CCCNC3)c2c1. The highest BCUT2D eigenvalue weighted by atomic mass is 32.1. The van der Waals surface area contributed by atoms with Crippen molar-refractivity contribution >= 4 is 21.6 Å². The molecular formula is C12H14N2S. The predicted octanol–water partition coefficient (Wildman–Crippen LogP) is 2.76. The molecule has 3 rings (SSSR count). The zero-order chi connectivity index (χ0) is 10.1. The quantitative estimate of drug-likeness (QED) is 0.796. The van der Waals surface area contributed by atoms with Crippen LogP contribution in [0.1, 0.15) is 24.3 Å². The molecule has 0 bridgehead atoms. The molecule has 0 spiro atoms. The van der Waals surface area contributed by atoms with Crippen molar-refractivity contribution in [2.75, 3.05) is 13.1 Å². The lowest BCUT2D eigenvalue weighted by Crippen LogP contribution is -2.28. The molecule has 3 heteroatoms. The van der Waals surface area contributed by atoms with E-state index in [1.165, 1.54) is 35.2 Å². The van der Waals surface area contributed by atoms with Gasteiger partial charge in [-0.25, -0.2) is 4.98 Å². The number of hydrogen-bond donors (Lipinski definition) is 1. The Bertz CT molecular complexity index is 457. The molecule has 0 radical (unpaired) electrons. The molecule has 0 saturated carbocycles. The molecule has 0 aliphatic carbocycles. The Balaban J connectivity index is 2.02. The number of thiophene rings is 1. The number of piperidine rings is 1. The minimum Gasteiger partial charge on any atom is -0.316 e. The van der Waals surface area contributed by atoms with Crippen molar-refractivity contribution in [3.05, 3.63) is 29.3 Å². The molecule has 3 heterocycles. The van der Waals surface area contributed by atoms with E-state index in [0.29, 0.717) is 5.92 Å². The third kappa shape index (κ3) is 1.66. The summed E-state index contributed by atoms with van der Waals surface area (Å²) in [5.74, 6) is 0.691. The van der Waals surface area contributed by atoms with Crippen LogP contribution in [-0.2, 0) is 0 Å². The molecule has 0 aromatic carbocycles. The standard InChI is InChI=1S/C12H14N2S/c1-3-9(7-13-5-1)11-8-15-12-10(11)4-2-6-14-12/h2,4,6,8-9,13H,1,3,5,7H2. The van der Waals surface area contributed by atoms with E-state index in [-0.39, 0.29) is 0 Å². The van der Waals surface area contributed by atoms with Crippen LogP contribution >= 0.6 is 11.3 Å². The van der Waals surface area contributed by atoms with Crippen molar-refractivity contribution in [2.45, 2.75) is 18.8 Å². The predicted molar refractivity (Wildman–Crippen MR) is 64.5 cm³/mol. The Hall–Kier alpha value is -0.930. The van der Waals surface area contributed by atoms with E-state index in [0.717, 1.165) is 6.54 Å². The highest BCUT2D eigenvalue weighted by Gasteiger charge is 2.18. The average Bonchev–Trinajstić information content (AvgIpc) is 2.74. The molecule has 1 N–H and O–H groups in total. The van der Waals surface area contributed by atoms with Crippen LogP contribution in [0.15, 0.2) is 23.7 Å². The van der Waals surface area contributed by atoms with E-state index in [2.05, 4.69) is 21.7 Å². The molecule has 2 aromatic heterocycles. The highest BCUT2D eigenvalue weighted by molar-refractivity contribution is 7.16. The van der Waals surface area contributed by atoms with Crippen molar-refractivity contribution in [2.24, 2.45) is 0 Å². The van der Waals surface area contributed by atoms with Gasteiger partial charge < -0.3 is 5.32 Å². The molecule has 78 valence electrons. The Morgan fingerprint density at radius 1 is 1.47 bits per heavy atom. The minimum atomic E-state index is 0.691. The van der Waals surface area contributed by atoms with E-state index in [9.17, 15) is 0 Å². The molecule has 2 nitrogen and oxygen atoms in total. The zero-order valence-corrected chi connectivity index (χ0v) is 9.39. The summed E-state index contributed by atoms with van der Waals surface area (Å²) in [6, 6.07) is 4.23. The van der Waals surface area contributed by atoms with Gasteiger partial charge in [0.15, 0.2) is 0 Å². The Morgan fingerprint density at radius 2 is 2.47 bits per heavy atom. The fourth-order valence-electron chi connectivity index (χ4n) is 2.32. The molecule has 0 amide bonds. The molecule has 1 unspecified atom stereocenters. The number of pyridine rings is 1. The van der Waals surface area contributed by atoms with E-state index in [4.69, 9.17) is 0 Å². The van der Waals surface area contributed by atoms with Crippen molar-refractivity contribution in [3.8, 4) is 0 Å². The van der Waals surface area contributed by atoms with Gasteiger partial charge in [-0.3, -0.25) is 0 Å². The lowest BCUT2D eigenvalue weighted by molar-refractivity contribution is 0.464. The van der Waals surface area contributed by atoms with Gasteiger partial charge >= 0.3 is 0 Å². The third-order valence-corrected chi connectivity index (χ3v) is 4.04. The van der Waals surface area contributed by atoms with Gasteiger partial charge in [0.1, 0.15) is 4.83 Å². The van der Waals surface area contributed by atoms with Crippen molar-refractivity contribution in [1.29, 1.82) is 0 Å². The van der Waals surface area contributed by atoms with E-state index in [1.54, 1.807) is 11.3 Å². The second-order valence-corrected chi connectivity index (χ2v) is 4.95. The van der Waals surface area contributed by atoms with Gasteiger partial charge in [0.25, 0.3) is 0 Å². The van der Waals surface area contributed by atoms with Gasteiger partial charge in [-0.05, 0) is 42.3 Å². The Kier molecular flexibility index (Phi) is 2.43. The Morgan fingerprint density at radius 3 is 3.33 bits per heavy atom. The topological polar surface area (TPSA) is 24.9 Å². The van der Waals surface area contributed by atoms with Crippen LogP contribution in [-0.4, -0.2) is 18.1 Å². The zero-order valence-electron chi connectivity index (χ0n) is 8.57. The minimum absolute atomic E-state index is 0.691. The summed E-state index contributed by atoms with van der Waals surface area (Å²) in [4.78, 5) is 5.57. The maximum Gasteiger partial charge on any atom is 0.123 e. The molecular weight excluding hydrogens is 204 g/mol. The van der Waals surface area contributed by atoms with E-state index >= 15 is 0 Å². The smallest absolute Gasteiger partial charge is 0.123 e. The molecule has 15 heavy (non-hydrogen) atoms. The maximum absolute atomic E-state index is 4.39. The van der Waals surface area contributed by atoms with E-state index < -0.39 is 0 Å². The number of rotatable bonds is 1. The van der Waals surface area contributed by atoms with Crippen LogP contribution in [0.4, 0.5) is 0 Å².